The lowest BCUT2D eigenvalue weighted by Crippen LogP contribution is -2.49. The van der Waals surface area contributed by atoms with Crippen LogP contribution < -0.4 is 9.47 Å². The summed E-state index contributed by atoms with van der Waals surface area (Å²) in [5.41, 5.74) is 2.09. The molecular formula is C20H27NO4. The Hall–Kier alpha value is -1.56. The molecule has 2 heterocycles. The zero-order valence-electron chi connectivity index (χ0n) is 14.9. The van der Waals surface area contributed by atoms with Gasteiger partial charge in [-0.15, -0.1) is 0 Å². The Bertz CT molecular complexity index is 653. The minimum absolute atomic E-state index is 0.0994. The molecule has 5 nitrogen and oxygen atoms in total. The quantitative estimate of drug-likeness (QED) is 0.913. The van der Waals surface area contributed by atoms with Crippen molar-refractivity contribution in [2.45, 2.75) is 32.3 Å². The van der Waals surface area contributed by atoms with E-state index in [1.54, 1.807) is 0 Å². The molecule has 25 heavy (non-hydrogen) atoms. The van der Waals surface area contributed by atoms with Gasteiger partial charge in [0.1, 0.15) is 0 Å². The number of hydrogen-bond acceptors (Lipinski definition) is 5. The Kier molecular flexibility index (Phi) is 4.71. The summed E-state index contributed by atoms with van der Waals surface area (Å²) >= 11 is 0. The van der Waals surface area contributed by atoms with Crippen LogP contribution in [-0.4, -0.2) is 55.8 Å². The van der Waals surface area contributed by atoms with Crippen LogP contribution in [0.1, 0.15) is 31.7 Å². The third-order valence-corrected chi connectivity index (χ3v) is 5.66. The zero-order valence-corrected chi connectivity index (χ0v) is 14.9. The molecule has 1 aromatic rings. The van der Waals surface area contributed by atoms with Gasteiger partial charge in [0.05, 0.1) is 19.3 Å². The van der Waals surface area contributed by atoms with Gasteiger partial charge in [0.15, 0.2) is 11.5 Å². The van der Waals surface area contributed by atoms with Gasteiger partial charge in [-0.25, -0.2) is 0 Å². The van der Waals surface area contributed by atoms with Crippen molar-refractivity contribution >= 4 is 6.08 Å². The molecule has 1 saturated carbocycles. The molecular weight excluding hydrogens is 318 g/mol. The predicted octanol–water partition coefficient (Wildman–Crippen LogP) is 2.68. The van der Waals surface area contributed by atoms with E-state index in [0.29, 0.717) is 0 Å². The maximum absolute atomic E-state index is 11.1. The molecule has 0 radical (unpaired) electrons. The third kappa shape index (κ3) is 3.54. The van der Waals surface area contributed by atoms with E-state index in [0.717, 1.165) is 74.7 Å². The third-order valence-electron chi connectivity index (χ3n) is 5.66. The number of nitrogens with zero attached hydrogens (tertiary/aromatic N) is 1. The monoisotopic (exact) mass is 345 g/mol. The highest BCUT2D eigenvalue weighted by atomic mass is 16.7. The number of ether oxygens (including phenoxy) is 3. The SMILES string of the molecule is CC1(CN2CCOCC2)CCC/C(=C\c2ccc3c(c2)OCO3)C1O. The maximum Gasteiger partial charge on any atom is 0.231 e. The van der Waals surface area contributed by atoms with Gasteiger partial charge in [-0.2, -0.15) is 0 Å². The number of aliphatic hydroxyl groups excluding tert-OH is 1. The molecule has 1 aromatic carbocycles. The molecule has 1 N–H and O–H groups in total. The smallest absolute Gasteiger partial charge is 0.231 e. The van der Waals surface area contributed by atoms with Gasteiger partial charge in [-0.1, -0.05) is 19.1 Å². The van der Waals surface area contributed by atoms with Gasteiger partial charge in [0.2, 0.25) is 6.79 Å². The molecule has 136 valence electrons. The van der Waals surface area contributed by atoms with Crippen molar-refractivity contribution in [2.75, 3.05) is 39.6 Å². The van der Waals surface area contributed by atoms with Crippen molar-refractivity contribution in [3.63, 3.8) is 0 Å². The van der Waals surface area contributed by atoms with E-state index in [1.165, 1.54) is 0 Å². The van der Waals surface area contributed by atoms with E-state index in [4.69, 9.17) is 14.2 Å². The molecule has 1 aliphatic carbocycles. The van der Waals surface area contributed by atoms with Crippen LogP contribution >= 0.6 is 0 Å². The molecule has 3 aliphatic rings. The van der Waals surface area contributed by atoms with E-state index in [9.17, 15) is 5.11 Å². The first-order chi connectivity index (χ1) is 12.1. The topological polar surface area (TPSA) is 51.2 Å². The van der Waals surface area contributed by atoms with Crippen LogP contribution in [0.25, 0.3) is 6.08 Å². The molecule has 2 unspecified atom stereocenters. The van der Waals surface area contributed by atoms with Crippen LogP contribution in [0.5, 0.6) is 11.5 Å². The average Bonchev–Trinajstić information content (AvgIpc) is 3.08. The fourth-order valence-corrected chi connectivity index (χ4v) is 4.22. The molecule has 1 saturated heterocycles. The summed E-state index contributed by atoms with van der Waals surface area (Å²) in [4.78, 5) is 2.43. The molecule has 0 amide bonds. The standard InChI is InChI=1S/C20H27NO4/c1-20(13-21-7-9-23-10-8-21)6-2-3-16(19(20)22)11-15-4-5-17-18(12-15)25-14-24-17/h4-5,11-12,19,22H,2-3,6-10,13-14H2,1H3/b16-11+. The minimum Gasteiger partial charge on any atom is -0.454 e. The molecule has 0 spiro atoms. The lowest BCUT2D eigenvalue weighted by Gasteiger charge is -2.44. The van der Waals surface area contributed by atoms with Crippen molar-refractivity contribution < 1.29 is 19.3 Å². The first-order valence-electron chi connectivity index (χ1n) is 9.22. The Morgan fingerprint density at radius 2 is 2.04 bits per heavy atom. The minimum atomic E-state index is -0.408. The average molecular weight is 345 g/mol. The van der Waals surface area contributed by atoms with Crippen molar-refractivity contribution in [1.29, 1.82) is 0 Å². The largest absolute Gasteiger partial charge is 0.454 e. The summed E-state index contributed by atoms with van der Waals surface area (Å²) in [6.07, 6.45) is 4.85. The number of benzene rings is 1. The van der Waals surface area contributed by atoms with Gasteiger partial charge in [-0.3, -0.25) is 4.90 Å². The Morgan fingerprint density at radius 1 is 1.24 bits per heavy atom. The second kappa shape index (κ2) is 6.98. The van der Waals surface area contributed by atoms with E-state index in [-0.39, 0.29) is 12.2 Å². The summed E-state index contributed by atoms with van der Waals surface area (Å²) in [6, 6.07) is 5.97. The molecule has 0 bridgehead atoms. The fourth-order valence-electron chi connectivity index (χ4n) is 4.22. The number of rotatable bonds is 3. The zero-order chi connectivity index (χ0) is 17.3. The summed E-state index contributed by atoms with van der Waals surface area (Å²) in [5, 5.41) is 11.1. The Balaban J connectivity index is 1.51. The number of morpholine rings is 1. The van der Waals surface area contributed by atoms with E-state index in [2.05, 4.69) is 17.9 Å². The first-order valence-corrected chi connectivity index (χ1v) is 9.22. The molecule has 5 heteroatoms. The summed E-state index contributed by atoms with van der Waals surface area (Å²) in [7, 11) is 0. The number of fused-ring (bicyclic) bond motifs is 1. The van der Waals surface area contributed by atoms with Crippen molar-refractivity contribution in [2.24, 2.45) is 5.41 Å². The van der Waals surface area contributed by atoms with Crippen molar-refractivity contribution in [3.8, 4) is 11.5 Å². The molecule has 0 aromatic heterocycles. The lowest BCUT2D eigenvalue weighted by atomic mass is 9.70. The van der Waals surface area contributed by atoms with Crippen LogP contribution in [0.3, 0.4) is 0 Å². The number of aliphatic hydroxyl groups is 1. The second-order valence-corrected chi connectivity index (χ2v) is 7.63. The van der Waals surface area contributed by atoms with Gasteiger partial charge >= 0.3 is 0 Å². The molecule has 4 rings (SSSR count). The van der Waals surface area contributed by atoms with Crippen LogP contribution in [0.2, 0.25) is 0 Å². The van der Waals surface area contributed by atoms with E-state index < -0.39 is 6.10 Å². The molecule has 2 aliphatic heterocycles. The normalized spacial score (nSPS) is 31.4. The van der Waals surface area contributed by atoms with Gasteiger partial charge < -0.3 is 19.3 Å². The first kappa shape index (κ1) is 16.9. The van der Waals surface area contributed by atoms with E-state index in [1.807, 2.05) is 18.2 Å². The van der Waals surface area contributed by atoms with Gasteiger partial charge in [0.25, 0.3) is 0 Å². The van der Waals surface area contributed by atoms with Gasteiger partial charge in [-0.05, 0) is 42.5 Å². The van der Waals surface area contributed by atoms with Crippen molar-refractivity contribution in [1.82, 2.24) is 4.90 Å². The second-order valence-electron chi connectivity index (χ2n) is 7.63. The highest BCUT2D eigenvalue weighted by molar-refractivity contribution is 5.59. The molecule has 2 atom stereocenters. The van der Waals surface area contributed by atoms with Crippen LogP contribution in [0.4, 0.5) is 0 Å². The summed E-state index contributed by atoms with van der Waals surface area (Å²) in [5.74, 6) is 1.58. The Labute approximate surface area is 149 Å². The van der Waals surface area contributed by atoms with E-state index >= 15 is 0 Å². The van der Waals surface area contributed by atoms with Crippen LogP contribution in [0, 0.1) is 5.41 Å². The fraction of sp³-hybridized carbons (Fsp3) is 0.600. The maximum atomic E-state index is 11.1. The predicted molar refractivity (Wildman–Crippen MR) is 95.8 cm³/mol. The van der Waals surface area contributed by atoms with Crippen LogP contribution in [0.15, 0.2) is 23.8 Å². The lowest BCUT2D eigenvalue weighted by molar-refractivity contribution is -0.0242. The van der Waals surface area contributed by atoms with Gasteiger partial charge in [0, 0.05) is 25.0 Å². The molecule has 2 fully saturated rings. The Morgan fingerprint density at radius 3 is 2.88 bits per heavy atom. The highest BCUT2D eigenvalue weighted by Crippen LogP contribution is 2.41. The highest BCUT2D eigenvalue weighted by Gasteiger charge is 2.39. The van der Waals surface area contributed by atoms with Crippen molar-refractivity contribution in [3.05, 3.63) is 29.3 Å². The summed E-state index contributed by atoms with van der Waals surface area (Å²) in [6.45, 7) is 6.95. The number of hydrogen-bond donors (Lipinski definition) is 1. The summed E-state index contributed by atoms with van der Waals surface area (Å²) < 4.78 is 16.3. The van der Waals surface area contributed by atoms with Crippen LogP contribution in [-0.2, 0) is 4.74 Å².